The van der Waals surface area contributed by atoms with Gasteiger partial charge in [-0.05, 0) is 17.7 Å². The van der Waals surface area contributed by atoms with Crippen molar-refractivity contribution < 1.29 is 17.8 Å². The molecule has 0 radical (unpaired) electrons. The number of carbonyl (C=O) groups is 1. The highest BCUT2D eigenvalue weighted by atomic mass is 35.5. The maximum Gasteiger partial charge on any atom is 0.269 e. The molecule has 0 atom stereocenters. The van der Waals surface area contributed by atoms with Crippen molar-refractivity contribution in [1.82, 2.24) is 0 Å². The zero-order valence-corrected chi connectivity index (χ0v) is 8.55. The van der Waals surface area contributed by atoms with E-state index in [1.807, 2.05) is 0 Å². The number of hydrogen-bond donors (Lipinski definition) is 1. The lowest BCUT2D eigenvalue weighted by molar-refractivity contribution is 0.112. The third-order valence-corrected chi connectivity index (χ3v) is 2.57. The molecule has 0 aliphatic rings. The molecule has 1 rings (SSSR count). The van der Waals surface area contributed by atoms with Crippen molar-refractivity contribution >= 4 is 28.0 Å². The van der Waals surface area contributed by atoms with Gasteiger partial charge >= 0.3 is 0 Å². The van der Waals surface area contributed by atoms with Gasteiger partial charge in [0.1, 0.15) is 5.75 Å². The van der Waals surface area contributed by atoms with Crippen molar-refractivity contribution in [1.29, 1.82) is 0 Å². The van der Waals surface area contributed by atoms with Gasteiger partial charge in [-0.1, -0.05) is 17.7 Å². The van der Waals surface area contributed by atoms with Crippen LogP contribution in [0, 0.1) is 0 Å². The summed E-state index contributed by atoms with van der Waals surface area (Å²) < 4.78 is 29.6. The molecule has 0 spiro atoms. The highest BCUT2D eigenvalue weighted by Crippen LogP contribution is 2.17. The summed E-state index contributed by atoms with van der Waals surface area (Å²) in [4.78, 5) is 10.4. The summed E-state index contributed by atoms with van der Waals surface area (Å²) in [5.74, 6) is -0.508. The molecule has 4 nitrogen and oxygen atoms in total. The number of hydrogen-bond acceptors (Lipinski definition) is 3. The fourth-order valence-corrected chi connectivity index (χ4v) is 1.82. The first-order valence-corrected chi connectivity index (χ1v) is 5.60. The minimum absolute atomic E-state index is 0.168. The minimum Gasteiger partial charge on any atom is -0.298 e. The molecular formula is C8H7ClO4S. The first-order valence-electron chi connectivity index (χ1n) is 3.61. The summed E-state index contributed by atoms with van der Waals surface area (Å²) in [6, 6.07) is 4.15. The molecule has 0 aliphatic heterocycles. The molecule has 0 aromatic heterocycles. The normalized spacial score (nSPS) is 11.3. The maximum absolute atomic E-state index is 10.5. The van der Waals surface area contributed by atoms with Crippen LogP contribution < -0.4 is 0 Å². The molecule has 0 fully saturated rings. The van der Waals surface area contributed by atoms with Gasteiger partial charge in [-0.25, -0.2) is 0 Å². The van der Waals surface area contributed by atoms with E-state index in [1.165, 1.54) is 18.2 Å². The van der Waals surface area contributed by atoms with Gasteiger partial charge in [-0.15, -0.1) is 0 Å². The van der Waals surface area contributed by atoms with E-state index in [0.717, 1.165) is 0 Å². The van der Waals surface area contributed by atoms with Gasteiger partial charge in [0.15, 0.2) is 6.29 Å². The predicted octanol–water partition coefficient (Wildman–Crippen LogP) is 1.54. The van der Waals surface area contributed by atoms with E-state index in [9.17, 15) is 13.2 Å². The Bertz CT molecular complexity index is 452. The molecule has 0 aliphatic carbocycles. The fourth-order valence-electron chi connectivity index (χ4n) is 0.967. The fraction of sp³-hybridized carbons (Fsp3) is 0.125. The SMILES string of the molecule is O=Cc1ccc(CS(=O)(=O)O)cc1Cl. The number of rotatable bonds is 3. The molecule has 1 aromatic rings. The second-order valence-electron chi connectivity index (χ2n) is 2.70. The van der Waals surface area contributed by atoms with E-state index in [-0.39, 0.29) is 10.6 Å². The van der Waals surface area contributed by atoms with Crippen LogP contribution in [0.15, 0.2) is 18.2 Å². The van der Waals surface area contributed by atoms with Crippen molar-refractivity contribution in [3.05, 3.63) is 34.3 Å². The third kappa shape index (κ3) is 3.10. The molecule has 14 heavy (non-hydrogen) atoms. The van der Waals surface area contributed by atoms with E-state index >= 15 is 0 Å². The van der Waals surface area contributed by atoms with Crippen molar-refractivity contribution in [2.24, 2.45) is 0 Å². The molecule has 1 N–H and O–H groups in total. The van der Waals surface area contributed by atoms with Crippen molar-refractivity contribution in [2.75, 3.05) is 0 Å². The van der Waals surface area contributed by atoms with E-state index < -0.39 is 15.9 Å². The van der Waals surface area contributed by atoms with Crippen LogP contribution in [0.2, 0.25) is 5.02 Å². The van der Waals surface area contributed by atoms with Gasteiger partial charge in [0.25, 0.3) is 10.1 Å². The maximum atomic E-state index is 10.5. The number of aldehydes is 1. The summed E-state index contributed by atoms with van der Waals surface area (Å²) in [6.07, 6.45) is 0.569. The van der Waals surface area contributed by atoms with Gasteiger partial charge in [0, 0.05) is 5.56 Å². The highest BCUT2D eigenvalue weighted by molar-refractivity contribution is 7.85. The lowest BCUT2D eigenvalue weighted by Crippen LogP contribution is -2.01. The molecule has 76 valence electrons. The summed E-state index contributed by atoms with van der Waals surface area (Å²) in [7, 11) is -4.06. The number of benzene rings is 1. The molecular weight excluding hydrogens is 228 g/mol. The van der Waals surface area contributed by atoms with Gasteiger partial charge in [-0.2, -0.15) is 8.42 Å². The topological polar surface area (TPSA) is 71.4 Å². The molecule has 0 saturated heterocycles. The Balaban J connectivity index is 3.04. The molecule has 0 heterocycles. The number of carbonyl (C=O) groups excluding carboxylic acids is 1. The van der Waals surface area contributed by atoms with Crippen molar-refractivity contribution in [2.45, 2.75) is 5.75 Å². The molecule has 0 unspecified atom stereocenters. The minimum atomic E-state index is -4.06. The van der Waals surface area contributed by atoms with E-state index in [1.54, 1.807) is 0 Å². The van der Waals surface area contributed by atoms with E-state index in [4.69, 9.17) is 16.2 Å². The third-order valence-electron chi connectivity index (χ3n) is 1.54. The second kappa shape index (κ2) is 4.08. The van der Waals surface area contributed by atoms with E-state index in [0.29, 0.717) is 11.8 Å². The first-order chi connectivity index (χ1) is 6.42. The van der Waals surface area contributed by atoms with Crippen LogP contribution >= 0.6 is 11.6 Å². The van der Waals surface area contributed by atoms with Crippen molar-refractivity contribution in [3.8, 4) is 0 Å². The van der Waals surface area contributed by atoms with Gasteiger partial charge in [0.05, 0.1) is 5.02 Å². The highest BCUT2D eigenvalue weighted by Gasteiger charge is 2.08. The van der Waals surface area contributed by atoms with Crippen LogP contribution in [0.25, 0.3) is 0 Å². The monoisotopic (exact) mass is 234 g/mol. The van der Waals surface area contributed by atoms with Crippen LogP contribution in [-0.2, 0) is 15.9 Å². The van der Waals surface area contributed by atoms with Crippen LogP contribution in [0.5, 0.6) is 0 Å². The van der Waals surface area contributed by atoms with E-state index in [2.05, 4.69) is 0 Å². The van der Waals surface area contributed by atoms with Gasteiger partial charge in [-0.3, -0.25) is 9.35 Å². The molecule has 0 saturated carbocycles. The molecule has 0 bridgehead atoms. The largest absolute Gasteiger partial charge is 0.298 e. The Morgan fingerprint density at radius 3 is 2.50 bits per heavy atom. The summed E-state index contributed by atoms with van der Waals surface area (Å²) in [5, 5.41) is 0.168. The smallest absolute Gasteiger partial charge is 0.269 e. The predicted molar refractivity (Wildman–Crippen MR) is 52.1 cm³/mol. The average molecular weight is 235 g/mol. The quantitative estimate of drug-likeness (QED) is 0.636. The van der Waals surface area contributed by atoms with Gasteiger partial charge in [0.2, 0.25) is 0 Å². The van der Waals surface area contributed by atoms with Crippen LogP contribution in [-0.4, -0.2) is 19.3 Å². The number of halogens is 1. The lowest BCUT2D eigenvalue weighted by Gasteiger charge is -2.00. The summed E-state index contributed by atoms with van der Waals surface area (Å²) in [6.45, 7) is 0. The summed E-state index contributed by atoms with van der Waals surface area (Å²) in [5.41, 5.74) is 0.619. The van der Waals surface area contributed by atoms with Crippen molar-refractivity contribution in [3.63, 3.8) is 0 Å². The molecule has 6 heteroatoms. The zero-order valence-electron chi connectivity index (χ0n) is 6.97. The Hall–Kier alpha value is -0.910. The van der Waals surface area contributed by atoms with Crippen LogP contribution in [0.1, 0.15) is 15.9 Å². The Kier molecular flexibility index (Phi) is 3.25. The Morgan fingerprint density at radius 1 is 1.43 bits per heavy atom. The molecule has 1 aromatic carbocycles. The summed E-state index contributed by atoms with van der Waals surface area (Å²) >= 11 is 5.65. The Morgan fingerprint density at radius 2 is 2.07 bits per heavy atom. The molecule has 0 amide bonds. The second-order valence-corrected chi connectivity index (χ2v) is 4.56. The lowest BCUT2D eigenvalue weighted by atomic mass is 10.2. The first kappa shape index (κ1) is 11.2. The van der Waals surface area contributed by atoms with Crippen LogP contribution in [0.3, 0.4) is 0 Å². The Labute approximate surface area is 86.3 Å². The van der Waals surface area contributed by atoms with Gasteiger partial charge < -0.3 is 0 Å². The zero-order chi connectivity index (χ0) is 10.8. The average Bonchev–Trinajstić information content (AvgIpc) is 2.01. The standard InChI is InChI=1S/C8H7ClO4S/c9-8-3-6(5-14(11,12)13)1-2-7(8)4-10/h1-4H,5H2,(H,11,12,13). The van der Waals surface area contributed by atoms with Crippen LogP contribution in [0.4, 0.5) is 0 Å².